The van der Waals surface area contributed by atoms with E-state index in [9.17, 15) is 27.2 Å². The van der Waals surface area contributed by atoms with Crippen molar-refractivity contribution in [1.29, 1.82) is 0 Å². The highest BCUT2D eigenvalue weighted by Crippen LogP contribution is 2.32. The molecule has 0 aliphatic carbocycles. The monoisotopic (exact) mass is 481 g/mol. The van der Waals surface area contributed by atoms with Crippen molar-refractivity contribution < 1.29 is 27.0 Å². The lowest BCUT2D eigenvalue weighted by atomic mass is 10.2. The predicted molar refractivity (Wildman–Crippen MR) is 108 cm³/mol. The Labute approximate surface area is 186 Å². The maximum Gasteiger partial charge on any atom is 0.325 e. The van der Waals surface area contributed by atoms with Gasteiger partial charge in [-0.25, -0.2) is 27.0 Å². The maximum atomic E-state index is 13.9. The summed E-state index contributed by atoms with van der Waals surface area (Å²) in [5.41, 5.74) is -1.58. The van der Waals surface area contributed by atoms with Gasteiger partial charge in [0.05, 0.1) is 16.6 Å². The maximum absolute atomic E-state index is 13.9. The summed E-state index contributed by atoms with van der Waals surface area (Å²) in [6, 6.07) is 3.65. The predicted octanol–water partition coefficient (Wildman–Crippen LogP) is 1.83. The molecule has 0 amide bonds. The molecule has 2 N–H and O–H groups in total. The Balaban J connectivity index is 1.71. The molecule has 0 fully saturated rings. The fraction of sp³-hybridized carbons (Fsp3) is 0.263. The van der Waals surface area contributed by atoms with Crippen LogP contribution in [0.25, 0.3) is 22.3 Å². The molecule has 4 aromatic rings. The van der Waals surface area contributed by atoms with E-state index < -0.39 is 36.8 Å². The number of nitrogens with zero attached hydrogens (tertiary/aromatic N) is 5. The average molecular weight is 481 g/mol. The summed E-state index contributed by atoms with van der Waals surface area (Å²) in [5, 5.41) is 12.1. The van der Waals surface area contributed by atoms with E-state index in [1.165, 1.54) is 23.9 Å². The second kappa shape index (κ2) is 9.29. The molecular formula is C19H15F4N7O4. The van der Waals surface area contributed by atoms with Gasteiger partial charge in [0.2, 0.25) is 12.0 Å². The van der Waals surface area contributed by atoms with Gasteiger partial charge in [-0.2, -0.15) is 0 Å². The molecular weight excluding hydrogens is 466 g/mol. The van der Waals surface area contributed by atoms with Crippen LogP contribution < -0.4 is 20.7 Å². The molecule has 15 heteroatoms. The minimum Gasteiger partial charge on any atom is -0.488 e. The smallest absolute Gasteiger partial charge is 0.325 e. The standard InChI is InChI=1S/C19H15F4N7O4/c1-30-16-9(5-11(27-28-16)10-6-25-19(32)26-17(10)31)18(29-30)34-14(15(22)23)12-4-8(2-3-24-12)33-7-13(20)21/h2-6,13-15H,7H2,1H3,(H2,25,26,31,32)/t14-/m1/s1. The molecule has 0 aliphatic rings. The van der Waals surface area contributed by atoms with Crippen LogP contribution in [0.2, 0.25) is 0 Å². The molecule has 11 nitrogen and oxygen atoms in total. The number of H-pyrrole nitrogens is 2. The Morgan fingerprint density at radius 1 is 1.15 bits per heavy atom. The summed E-state index contributed by atoms with van der Waals surface area (Å²) in [5.74, 6) is -0.351. The molecule has 0 radical (unpaired) electrons. The number of aromatic nitrogens is 7. The number of pyridine rings is 1. The number of nitrogens with one attached hydrogen (secondary N) is 2. The second-order valence-corrected chi connectivity index (χ2v) is 6.87. The molecule has 1 atom stereocenters. The quantitative estimate of drug-likeness (QED) is 0.363. The van der Waals surface area contributed by atoms with Crippen LogP contribution in [0.1, 0.15) is 11.8 Å². The van der Waals surface area contributed by atoms with E-state index in [0.717, 1.165) is 18.5 Å². The SMILES string of the molecule is Cn1nc(O[C@H](c2cc(OCC(F)F)ccn2)C(F)F)c2cc(-c3c[nH]c(=O)[nH]c3=O)nnc21. The van der Waals surface area contributed by atoms with Crippen molar-refractivity contribution >= 4 is 11.0 Å². The first-order valence-electron chi connectivity index (χ1n) is 9.57. The van der Waals surface area contributed by atoms with Crippen LogP contribution in [0.4, 0.5) is 17.6 Å². The summed E-state index contributed by atoms with van der Waals surface area (Å²) in [7, 11) is 1.48. The van der Waals surface area contributed by atoms with Gasteiger partial charge in [0.25, 0.3) is 18.4 Å². The molecule has 0 bridgehead atoms. The number of aromatic amines is 2. The summed E-state index contributed by atoms with van der Waals surface area (Å²) < 4.78 is 64.1. The molecule has 0 aliphatic heterocycles. The van der Waals surface area contributed by atoms with Crippen molar-refractivity contribution in [3.63, 3.8) is 0 Å². The molecule has 0 saturated heterocycles. The topological polar surface area (TPSA) is 141 Å². The zero-order valence-electron chi connectivity index (χ0n) is 17.2. The molecule has 0 saturated carbocycles. The third kappa shape index (κ3) is 4.72. The summed E-state index contributed by atoms with van der Waals surface area (Å²) in [4.78, 5) is 31.5. The van der Waals surface area contributed by atoms with Gasteiger partial charge in [0.15, 0.2) is 5.65 Å². The number of fused-ring (bicyclic) bond motifs is 1. The zero-order valence-corrected chi connectivity index (χ0v) is 17.2. The van der Waals surface area contributed by atoms with Crippen molar-refractivity contribution in [2.45, 2.75) is 19.0 Å². The van der Waals surface area contributed by atoms with Crippen molar-refractivity contribution in [2.75, 3.05) is 6.61 Å². The Hall–Kier alpha value is -4.30. The molecule has 34 heavy (non-hydrogen) atoms. The number of alkyl halides is 4. The highest BCUT2D eigenvalue weighted by molar-refractivity contribution is 5.84. The summed E-state index contributed by atoms with van der Waals surface area (Å²) in [6.07, 6.45) is -5.50. The third-order valence-corrected chi connectivity index (χ3v) is 4.53. The number of ether oxygens (including phenoxy) is 2. The zero-order chi connectivity index (χ0) is 24.4. The van der Waals surface area contributed by atoms with Crippen LogP contribution >= 0.6 is 0 Å². The minimum absolute atomic E-state index is 0.0250. The van der Waals surface area contributed by atoms with Gasteiger partial charge in [-0.05, 0) is 12.1 Å². The van der Waals surface area contributed by atoms with Crippen molar-refractivity contribution in [3.05, 3.63) is 57.1 Å². The van der Waals surface area contributed by atoms with E-state index in [1.807, 2.05) is 4.98 Å². The average Bonchev–Trinajstić information content (AvgIpc) is 3.10. The lowest BCUT2D eigenvalue weighted by molar-refractivity contribution is 0.00586. The van der Waals surface area contributed by atoms with Crippen molar-refractivity contribution in [3.8, 4) is 22.9 Å². The van der Waals surface area contributed by atoms with Crippen LogP contribution in [0.5, 0.6) is 11.6 Å². The van der Waals surface area contributed by atoms with Crippen LogP contribution in [-0.2, 0) is 7.05 Å². The van der Waals surface area contributed by atoms with Crippen LogP contribution in [0.3, 0.4) is 0 Å². The molecule has 0 spiro atoms. The van der Waals surface area contributed by atoms with Crippen LogP contribution in [0.15, 0.2) is 40.2 Å². The van der Waals surface area contributed by atoms with E-state index in [0.29, 0.717) is 0 Å². The number of rotatable bonds is 8. The summed E-state index contributed by atoms with van der Waals surface area (Å²) >= 11 is 0. The van der Waals surface area contributed by atoms with Crippen LogP contribution in [0, 0.1) is 0 Å². The second-order valence-electron chi connectivity index (χ2n) is 6.87. The number of halogens is 4. The van der Waals surface area contributed by atoms with Crippen molar-refractivity contribution in [2.24, 2.45) is 7.05 Å². The van der Waals surface area contributed by atoms with E-state index in [-0.39, 0.29) is 39.6 Å². The Bertz CT molecular complexity index is 1440. The number of aryl methyl sites for hydroxylation is 1. The van der Waals surface area contributed by atoms with Gasteiger partial charge < -0.3 is 14.5 Å². The highest BCUT2D eigenvalue weighted by atomic mass is 19.3. The first kappa shape index (κ1) is 22.9. The lowest BCUT2D eigenvalue weighted by Crippen LogP contribution is -2.22. The first-order valence-corrected chi connectivity index (χ1v) is 9.57. The van der Waals surface area contributed by atoms with Gasteiger partial charge in [0, 0.05) is 25.5 Å². The molecule has 0 aromatic carbocycles. The number of hydrogen-bond donors (Lipinski definition) is 2. The van der Waals surface area contributed by atoms with Gasteiger partial charge in [0.1, 0.15) is 18.1 Å². The summed E-state index contributed by atoms with van der Waals surface area (Å²) in [6.45, 7) is -0.917. The van der Waals surface area contributed by atoms with E-state index in [4.69, 9.17) is 9.47 Å². The Morgan fingerprint density at radius 3 is 2.65 bits per heavy atom. The largest absolute Gasteiger partial charge is 0.488 e. The van der Waals surface area contributed by atoms with Gasteiger partial charge >= 0.3 is 5.69 Å². The van der Waals surface area contributed by atoms with E-state index in [1.54, 1.807) is 0 Å². The lowest BCUT2D eigenvalue weighted by Gasteiger charge is -2.17. The highest BCUT2D eigenvalue weighted by Gasteiger charge is 2.29. The fourth-order valence-electron chi connectivity index (χ4n) is 3.03. The molecule has 4 rings (SSSR count). The minimum atomic E-state index is -3.08. The van der Waals surface area contributed by atoms with Crippen molar-refractivity contribution in [1.82, 2.24) is 34.9 Å². The molecule has 4 aromatic heterocycles. The Morgan fingerprint density at radius 2 is 1.94 bits per heavy atom. The van der Waals surface area contributed by atoms with Gasteiger partial charge in [-0.15, -0.1) is 15.3 Å². The molecule has 0 unspecified atom stereocenters. The normalized spacial score (nSPS) is 12.4. The van der Waals surface area contributed by atoms with Gasteiger partial charge in [-0.1, -0.05) is 0 Å². The fourth-order valence-corrected chi connectivity index (χ4v) is 3.03. The van der Waals surface area contributed by atoms with Crippen LogP contribution in [-0.4, -0.2) is 54.4 Å². The van der Waals surface area contributed by atoms with E-state index >= 15 is 0 Å². The molecule has 178 valence electrons. The third-order valence-electron chi connectivity index (χ3n) is 4.53. The first-order chi connectivity index (χ1) is 16.2. The number of hydrogen-bond acceptors (Lipinski definition) is 8. The molecule has 4 heterocycles. The van der Waals surface area contributed by atoms with E-state index in [2.05, 4.69) is 25.3 Å². The Kier molecular flexibility index (Phi) is 6.25. The van der Waals surface area contributed by atoms with Gasteiger partial charge in [-0.3, -0.25) is 14.8 Å².